The number of rotatable bonds is 5. The maximum atomic E-state index is 4.52. The molecule has 150 valence electrons. The zero-order chi connectivity index (χ0) is 20.2. The Morgan fingerprint density at radius 2 is 1.30 bits per heavy atom. The average molecular weight is 394 g/mol. The van der Waals surface area contributed by atoms with E-state index in [1.807, 2.05) is 6.33 Å². The summed E-state index contributed by atoms with van der Waals surface area (Å²) in [6.07, 6.45) is 4.23. The summed E-state index contributed by atoms with van der Waals surface area (Å²) >= 11 is 0. The number of fused-ring (bicyclic) bond motifs is 1. The molecule has 0 unspecified atom stereocenters. The van der Waals surface area contributed by atoms with Crippen LogP contribution in [0.3, 0.4) is 0 Å². The second-order valence-electron chi connectivity index (χ2n) is 7.98. The number of nitrogens with zero attached hydrogens (tertiary/aromatic N) is 3. The molecule has 0 spiro atoms. The number of benzene rings is 3. The summed E-state index contributed by atoms with van der Waals surface area (Å²) in [5, 5.41) is 0. The summed E-state index contributed by atoms with van der Waals surface area (Å²) in [4.78, 5) is 7.11. The molecule has 5 rings (SSSR count). The Morgan fingerprint density at radius 3 is 1.97 bits per heavy atom. The van der Waals surface area contributed by atoms with Gasteiger partial charge in [-0.25, -0.2) is 4.98 Å². The molecule has 2 heterocycles. The van der Waals surface area contributed by atoms with E-state index in [4.69, 9.17) is 0 Å². The highest BCUT2D eigenvalue weighted by Crippen LogP contribution is 2.32. The van der Waals surface area contributed by atoms with Crippen LogP contribution in [0.15, 0.2) is 96.8 Å². The van der Waals surface area contributed by atoms with E-state index < -0.39 is 0 Å². The molecule has 0 amide bonds. The minimum absolute atomic E-state index is 0.990. The molecule has 0 saturated carbocycles. The normalized spacial score (nSPS) is 14.9. The molecule has 30 heavy (non-hydrogen) atoms. The molecule has 1 fully saturated rings. The van der Waals surface area contributed by atoms with Gasteiger partial charge in [0.2, 0.25) is 0 Å². The molecule has 4 aromatic rings. The quantitative estimate of drug-likeness (QED) is 0.438. The first kappa shape index (κ1) is 18.8. The van der Waals surface area contributed by atoms with Gasteiger partial charge in [-0.1, -0.05) is 78.4 Å². The Balaban J connectivity index is 1.31. The Labute approximate surface area is 178 Å². The second-order valence-corrected chi connectivity index (χ2v) is 7.98. The fraction of sp³-hybridized carbons (Fsp3) is 0.222. The Morgan fingerprint density at radius 1 is 0.700 bits per heavy atom. The highest BCUT2D eigenvalue weighted by Gasteiger charge is 2.19. The molecule has 1 aromatic heterocycles. The fourth-order valence-corrected chi connectivity index (χ4v) is 4.52. The van der Waals surface area contributed by atoms with E-state index in [9.17, 15) is 0 Å². The van der Waals surface area contributed by atoms with Crippen molar-refractivity contribution in [2.45, 2.75) is 19.4 Å². The molecule has 0 N–H and O–H groups in total. The molecule has 0 radical (unpaired) electrons. The monoisotopic (exact) mass is 393 g/mol. The number of imidazole rings is 1. The number of para-hydroxylation sites is 2. The summed E-state index contributed by atoms with van der Waals surface area (Å²) in [6, 6.07) is 30.1. The molecule has 0 bridgehead atoms. The van der Waals surface area contributed by atoms with Crippen molar-refractivity contribution in [2.75, 3.05) is 19.6 Å². The predicted molar refractivity (Wildman–Crippen MR) is 124 cm³/mol. The van der Waals surface area contributed by atoms with E-state index in [0.717, 1.165) is 44.5 Å². The third-order valence-electron chi connectivity index (χ3n) is 6.12. The number of aromatic nitrogens is 2. The summed E-state index contributed by atoms with van der Waals surface area (Å²) in [6.45, 7) is 4.29. The van der Waals surface area contributed by atoms with Crippen LogP contribution in [-0.2, 0) is 6.54 Å². The SMILES string of the molecule is c1ccc(C(=C2CCN(CCn3cnc4ccccc43)CC2)c2ccccc2)cc1. The van der Waals surface area contributed by atoms with Crippen molar-refractivity contribution in [2.24, 2.45) is 0 Å². The number of hydrogen-bond donors (Lipinski definition) is 0. The summed E-state index contributed by atoms with van der Waals surface area (Å²) in [7, 11) is 0. The lowest BCUT2D eigenvalue weighted by molar-refractivity contribution is 0.248. The predicted octanol–water partition coefficient (Wildman–Crippen LogP) is 5.63. The van der Waals surface area contributed by atoms with Gasteiger partial charge in [0, 0.05) is 26.2 Å². The zero-order valence-corrected chi connectivity index (χ0v) is 17.2. The van der Waals surface area contributed by atoms with Crippen LogP contribution in [0.4, 0.5) is 0 Å². The van der Waals surface area contributed by atoms with Crippen molar-refractivity contribution in [3.63, 3.8) is 0 Å². The Kier molecular flexibility index (Phi) is 5.45. The first-order chi connectivity index (χ1) is 14.9. The van der Waals surface area contributed by atoms with Gasteiger partial charge in [-0.05, 0) is 41.7 Å². The molecule has 3 aromatic carbocycles. The van der Waals surface area contributed by atoms with Crippen LogP contribution in [0.1, 0.15) is 24.0 Å². The Hall–Kier alpha value is -3.17. The van der Waals surface area contributed by atoms with Crippen molar-refractivity contribution in [3.05, 3.63) is 108 Å². The van der Waals surface area contributed by atoms with Crippen LogP contribution in [-0.4, -0.2) is 34.1 Å². The molecular weight excluding hydrogens is 366 g/mol. The number of likely N-dealkylation sites (tertiary alicyclic amines) is 1. The van der Waals surface area contributed by atoms with Crippen LogP contribution in [0.5, 0.6) is 0 Å². The van der Waals surface area contributed by atoms with E-state index in [-0.39, 0.29) is 0 Å². The molecule has 3 heteroatoms. The van der Waals surface area contributed by atoms with Crippen molar-refractivity contribution in [1.82, 2.24) is 14.5 Å². The van der Waals surface area contributed by atoms with Gasteiger partial charge >= 0.3 is 0 Å². The largest absolute Gasteiger partial charge is 0.329 e. The van der Waals surface area contributed by atoms with Gasteiger partial charge in [0.05, 0.1) is 17.4 Å². The van der Waals surface area contributed by atoms with E-state index in [2.05, 4.69) is 99.4 Å². The average Bonchev–Trinajstić information content (AvgIpc) is 3.23. The molecular formula is C27H27N3. The summed E-state index contributed by atoms with van der Waals surface area (Å²) in [5.74, 6) is 0. The van der Waals surface area contributed by atoms with Gasteiger partial charge in [-0.2, -0.15) is 0 Å². The first-order valence-corrected chi connectivity index (χ1v) is 10.8. The van der Waals surface area contributed by atoms with Gasteiger partial charge in [0.1, 0.15) is 0 Å². The van der Waals surface area contributed by atoms with Gasteiger partial charge < -0.3 is 9.47 Å². The third kappa shape index (κ3) is 3.94. The highest BCUT2D eigenvalue weighted by molar-refractivity contribution is 5.82. The van der Waals surface area contributed by atoms with Crippen LogP contribution < -0.4 is 0 Å². The van der Waals surface area contributed by atoms with Crippen LogP contribution in [0.2, 0.25) is 0 Å². The maximum Gasteiger partial charge on any atom is 0.0958 e. The molecule has 1 aliphatic heterocycles. The lowest BCUT2D eigenvalue weighted by atomic mass is 9.88. The molecule has 3 nitrogen and oxygen atoms in total. The van der Waals surface area contributed by atoms with Crippen LogP contribution in [0, 0.1) is 0 Å². The van der Waals surface area contributed by atoms with Crippen molar-refractivity contribution >= 4 is 16.6 Å². The highest BCUT2D eigenvalue weighted by atomic mass is 15.2. The number of hydrogen-bond acceptors (Lipinski definition) is 2. The fourth-order valence-electron chi connectivity index (χ4n) is 4.52. The lowest BCUT2D eigenvalue weighted by Gasteiger charge is -2.30. The van der Waals surface area contributed by atoms with Gasteiger partial charge in [-0.3, -0.25) is 0 Å². The van der Waals surface area contributed by atoms with Crippen molar-refractivity contribution < 1.29 is 0 Å². The summed E-state index contributed by atoms with van der Waals surface area (Å²) < 4.78 is 2.28. The topological polar surface area (TPSA) is 21.1 Å². The van der Waals surface area contributed by atoms with Crippen molar-refractivity contribution in [3.8, 4) is 0 Å². The van der Waals surface area contributed by atoms with E-state index in [0.29, 0.717) is 0 Å². The van der Waals surface area contributed by atoms with E-state index in [1.54, 1.807) is 5.57 Å². The smallest absolute Gasteiger partial charge is 0.0958 e. The van der Waals surface area contributed by atoms with Gasteiger partial charge in [0.25, 0.3) is 0 Å². The van der Waals surface area contributed by atoms with E-state index in [1.165, 1.54) is 22.2 Å². The summed E-state index contributed by atoms with van der Waals surface area (Å²) in [5.41, 5.74) is 7.98. The van der Waals surface area contributed by atoms with Crippen LogP contribution >= 0.6 is 0 Å². The minimum Gasteiger partial charge on any atom is -0.329 e. The van der Waals surface area contributed by atoms with E-state index >= 15 is 0 Å². The zero-order valence-electron chi connectivity index (χ0n) is 17.2. The lowest BCUT2D eigenvalue weighted by Crippen LogP contribution is -2.33. The molecule has 0 aliphatic carbocycles. The molecule has 0 atom stereocenters. The van der Waals surface area contributed by atoms with Gasteiger partial charge in [0.15, 0.2) is 0 Å². The van der Waals surface area contributed by atoms with Crippen molar-refractivity contribution in [1.29, 1.82) is 0 Å². The third-order valence-corrected chi connectivity index (χ3v) is 6.12. The minimum atomic E-state index is 0.990. The first-order valence-electron chi connectivity index (χ1n) is 10.8. The maximum absolute atomic E-state index is 4.52. The molecule has 1 saturated heterocycles. The van der Waals surface area contributed by atoms with Gasteiger partial charge in [-0.15, -0.1) is 0 Å². The molecule has 1 aliphatic rings. The van der Waals surface area contributed by atoms with Crippen LogP contribution in [0.25, 0.3) is 16.6 Å². The second kappa shape index (κ2) is 8.68. The number of piperidine rings is 1. The standard InChI is InChI=1S/C27H27N3/c1-3-9-22(10-4-1)27(23-11-5-2-6-12-23)24-15-17-29(18-16-24)19-20-30-21-28-25-13-7-8-14-26(25)30/h1-14,21H,15-20H2. The Bertz CT molecular complexity index is 1090.